The highest BCUT2D eigenvalue weighted by Gasteiger charge is 2.53. The van der Waals surface area contributed by atoms with E-state index in [0.717, 1.165) is 24.8 Å². The van der Waals surface area contributed by atoms with Crippen molar-refractivity contribution in [3.05, 3.63) is 35.9 Å². The summed E-state index contributed by atoms with van der Waals surface area (Å²) in [7, 11) is 0. The van der Waals surface area contributed by atoms with Crippen molar-refractivity contribution >= 4 is 12.1 Å². The lowest BCUT2D eigenvalue weighted by Gasteiger charge is -2.34. The molecule has 1 saturated heterocycles. The van der Waals surface area contributed by atoms with Crippen LogP contribution in [0.5, 0.6) is 0 Å². The van der Waals surface area contributed by atoms with Gasteiger partial charge in [0.05, 0.1) is 0 Å². The Bertz CT molecular complexity index is 608. The molecule has 0 radical (unpaired) electrons. The van der Waals surface area contributed by atoms with E-state index < -0.39 is 17.7 Å². The number of amides is 1. The number of carbonyl (C=O) groups is 2. The number of benzene rings is 1. The molecule has 1 aliphatic carbocycles. The molecule has 0 aromatic heterocycles. The quantitative estimate of drug-likeness (QED) is 0.795. The van der Waals surface area contributed by atoms with E-state index in [4.69, 9.17) is 9.47 Å². The fraction of sp³-hybridized carbons (Fsp3) is 0.579. The Morgan fingerprint density at radius 1 is 1.17 bits per heavy atom. The Hall–Kier alpha value is -2.04. The monoisotopic (exact) mass is 331 g/mol. The van der Waals surface area contributed by atoms with Crippen molar-refractivity contribution in [2.45, 2.75) is 64.3 Å². The third-order valence-electron chi connectivity index (χ3n) is 4.65. The average molecular weight is 331 g/mol. The van der Waals surface area contributed by atoms with E-state index in [0.29, 0.717) is 0 Å². The van der Waals surface area contributed by atoms with Gasteiger partial charge in [-0.2, -0.15) is 0 Å². The topological polar surface area (TPSA) is 55.8 Å². The van der Waals surface area contributed by atoms with Gasteiger partial charge in [-0.25, -0.2) is 9.59 Å². The van der Waals surface area contributed by atoms with E-state index in [1.54, 1.807) is 4.90 Å². The molecule has 1 amide bonds. The lowest BCUT2D eigenvalue weighted by atomic mass is 9.99. The molecule has 2 fully saturated rings. The Kier molecular flexibility index (Phi) is 4.52. The van der Waals surface area contributed by atoms with Gasteiger partial charge in [0.2, 0.25) is 0 Å². The highest BCUT2D eigenvalue weighted by atomic mass is 16.6. The predicted molar refractivity (Wildman–Crippen MR) is 89.2 cm³/mol. The van der Waals surface area contributed by atoms with Gasteiger partial charge in [0.15, 0.2) is 0 Å². The smallest absolute Gasteiger partial charge is 0.411 e. The lowest BCUT2D eigenvalue weighted by Crippen LogP contribution is -2.51. The van der Waals surface area contributed by atoms with Crippen molar-refractivity contribution in [2.75, 3.05) is 0 Å². The standard InChI is InChI=1S/C19H25NO4/c1-19(2,3)24-17(21)16-14-9-10-15(11-14)20(16)18(22)23-12-13-7-5-4-6-8-13/h4-8,14-16H,9-12H2,1-3H3/t14-,15?,16?/m0/s1. The zero-order chi connectivity index (χ0) is 17.3. The van der Waals surface area contributed by atoms with Crippen molar-refractivity contribution in [1.82, 2.24) is 4.90 Å². The number of esters is 1. The van der Waals surface area contributed by atoms with Gasteiger partial charge in [-0.05, 0) is 51.5 Å². The molecule has 3 rings (SSSR count). The molecule has 2 unspecified atom stereocenters. The number of nitrogens with zero attached hydrogens (tertiary/aromatic N) is 1. The Morgan fingerprint density at radius 3 is 2.54 bits per heavy atom. The van der Waals surface area contributed by atoms with Gasteiger partial charge in [-0.3, -0.25) is 4.90 Å². The van der Waals surface area contributed by atoms with Gasteiger partial charge in [0, 0.05) is 6.04 Å². The molecule has 1 heterocycles. The van der Waals surface area contributed by atoms with E-state index in [1.807, 2.05) is 51.1 Å². The summed E-state index contributed by atoms with van der Waals surface area (Å²) < 4.78 is 11.0. The Balaban J connectivity index is 1.67. The van der Waals surface area contributed by atoms with Crippen molar-refractivity contribution in [3.8, 4) is 0 Å². The Morgan fingerprint density at radius 2 is 1.88 bits per heavy atom. The molecule has 5 nitrogen and oxygen atoms in total. The van der Waals surface area contributed by atoms with Crippen LogP contribution in [0.3, 0.4) is 0 Å². The first-order valence-corrected chi connectivity index (χ1v) is 8.57. The van der Waals surface area contributed by atoms with Crippen LogP contribution in [0.1, 0.15) is 45.6 Å². The van der Waals surface area contributed by atoms with Gasteiger partial charge in [-0.1, -0.05) is 30.3 Å². The molecule has 5 heteroatoms. The van der Waals surface area contributed by atoms with Crippen LogP contribution in [-0.2, 0) is 20.9 Å². The maximum absolute atomic E-state index is 12.6. The van der Waals surface area contributed by atoms with E-state index in [9.17, 15) is 9.59 Å². The first-order chi connectivity index (χ1) is 11.3. The lowest BCUT2D eigenvalue weighted by molar-refractivity contribution is -0.162. The van der Waals surface area contributed by atoms with Gasteiger partial charge >= 0.3 is 12.1 Å². The van der Waals surface area contributed by atoms with E-state index in [-0.39, 0.29) is 24.5 Å². The van der Waals surface area contributed by atoms with Crippen molar-refractivity contribution < 1.29 is 19.1 Å². The molecule has 0 spiro atoms. The maximum atomic E-state index is 12.6. The molecule has 2 aliphatic rings. The minimum Gasteiger partial charge on any atom is -0.458 e. The molecule has 0 N–H and O–H groups in total. The minimum atomic E-state index is -0.557. The number of piperidine rings is 1. The molecular formula is C19H25NO4. The number of hydrogen-bond donors (Lipinski definition) is 0. The Labute approximate surface area is 142 Å². The fourth-order valence-corrected chi connectivity index (χ4v) is 3.71. The molecule has 1 aromatic carbocycles. The van der Waals surface area contributed by atoms with Crippen LogP contribution in [0, 0.1) is 5.92 Å². The number of ether oxygens (including phenoxy) is 2. The summed E-state index contributed by atoms with van der Waals surface area (Å²) in [5.41, 5.74) is 0.377. The average Bonchev–Trinajstić information content (AvgIpc) is 3.13. The van der Waals surface area contributed by atoms with E-state index >= 15 is 0 Å². The summed E-state index contributed by atoms with van der Waals surface area (Å²) in [4.78, 5) is 26.8. The summed E-state index contributed by atoms with van der Waals surface area (Å²) in [5, 5.41) is 0. The molecule has 24 heavy (non-hydrogen) atoms. The molecule has 3 atom stereocenters. The molecule has 1 aliphatic heterocycles. The predicted octanol–water partition coefficient (Wildman–Crippen LogP) is 3.52. The molecule has 130 valence electrons. The molecule has 1 saturated carbocycles. The number of hydrogen-bond acceptors (Lipinski definition) is 4. The maximum Gasteiger partial charge on any atom is 0.411 e. The third-order valence-corrected chi connectivity index (χ3v) is 4.65. The van der Waals surface area contributed by atoms with Crippen LogP contribution in [0.15, 0.2) is 30.3 Å². The first kappa shape index (κ1) is 16.8. The molecular weight excluding hydrogens is 306 g/mol. The van der Waals surface area contributed by atoms with Crippen molar-refractivity contribution in [2.24, 2.45) is 5.92 Å². The van der Waals surface area contributed by atoms with Gasteiger partial charge in [0.1, 0.15) is 18.2 Å². The van der Waals surface area contributed by atoms with E-state index in [1.165, 1.54) is 0 Å². The van der Waals surface area contributed by atoms with Gasteiger partial charge in [-0.15, -0.1) is 0 Å². The molecule has 1 aromatic rings. The van der Waals surface area contributed by atoms with Crippen LogP contribution in [0.25, 0.3) is 0 Å². The second-order valence-corrected chi connectivity index (χ2v) is 7.65. The van der Waals surface area contributed by atoms with Crippen molar-refractivity contribution in [1.29, 1.82) is 0 Å². The van der Waals surface area contributed by atoms with E-state index in [2.05, 4.69) is 0 Å². The first-order valence-electron chi connectivity index (χ1n) is 8.57. The van der Waals surface area contributed by atoms with Crippen LogP contribution in [-0.4, -0.2) is 34.6 Å². The summed E-state index contributed by atoms with van der Waals surface area (Å²) in [6.07, 6.45) is 2.35. The summed E-state index contributed by atoms with van der Waals surface area (Å²) in [5.74, 6) is -0.125. The number of rotatable bonds is 3. The minimum absolute atomic E-state index is 0.0933. The zero-order valence-corrected chi connectivity index (χ0v) is 14.5. The van der Waals surface area contributed by atoms with Crippen LogP contribution in [0.4, 0.5) is 4.79 Å². The summed E-state index contributed by atoms with van der Waals surface area (Å²) in [6.45, 7) is 5.75. The summed E-state index contributed by atoms with van der Waals surface area (Å²) >= 11 is 0. The molecule has 2 bridgehead atoms. The normalized spacial score (nSPS) is 25.6. The van der Waals surface area contributed by atoms with Crippen molar-refractivity contribution in [3.63, 3.8) is 0 Å². The highest BCUT2D eigenvalue weighted by molar-refractivity contribution is 5.83. The second-order valence-electron chi connectivity index (χ2n) is 7.65. The number of likely N-dealkylation sites (tertiary alicyclic amines) is 1. The van der Waals surface area contributed by atoms with Gasteiger partial charge in [0.25, 0.3) is 0 Å². The number of carbonyl (C=O) groups excluding carboxylic acids is 2. The second kappa shape index (κ2) is 6.46. The number of fused-ring (bicyclic) bond motifs is 2. The largest absolute Gasteiger partial charge is 0.458 e. The zero-order valence-electron chi connectivity index (χ0n) is 14.5. The van der Waals surface area contributed by atoms with Crippen LogP contribution < -0.4 is 0 Å². The van der Waals surface area contributed by atoms with Gasteiger partial charge < -0.3 is 9.47 Å². The SMILES string of the molecule is CC(C)(C)OC(=O)C1[C@H]2CCC(C2)N1C(=O)OCc1ccccc1. The highest BCUT2D eigenvalue weighted by Crippen LogP contribution is 2.43. The summed E-state index contributed by atoms with van der Waals surface area (Å²) in [6, 6.07) is 9.14. The third kappa shape index (κ3) is 3.55. The van der Waals surface area contributed by atoms with Crippen LogP contribution in [0.2, 0.25) is 0 Å². The van der Waals surface area contributed by atoms with Crippen LogP contribution >= 0.6 is 0 Å². The fourth-order valence-electron chi connectivity index (χ4n) is 3.71.